The highest BCUT2D eigenvalue weighted by atomic mass is 16.6. The number of hydrogen-bond donors (Lipinski definition) is 1. The van der Waals surface area contributed by atoms with Crippen molar-refractivity contribution in [3.63, 3.8) is 0 Å². The molecule has 5 nitrogen and oxygen atoms in total. The van der Waals surface area contributed by atoms with Gasteiger partial charge < -0.3 is 5.32 Å². The van der Waals surface area contributed by atoms with Gasteiger partial charge in [0.1, 0.15) is 0 Å². The Morgan fingerprint density at radius 1 is 1.17 bits per heavy atom. The van der Waals surface area contributed by atoms with E-state index < -0.39 is 4.92 Å². The summed E-state index contributed by atoms with van der Waals surface area (Å²) in [5.41, 5.74) is 2.78. The molecule has 0 aliphatic carbocycles. The number of anilines is 1. The van der Waals surface area contributed by atoms with Crippen molar-refractivity contribution in [2.24, 2.45) is 0 Å². The predicted molar refractivity (Wildman–Crippen MR) is 90.6 cm³/mol. The summed E-state index contributed by atoms with van der Waals surface area (Å²) in [5.74, 6) is 0.333. The van der Waals surface area contributed by atoms with E-state index in [1.807, 2.05) is 12.1 Å². The van der Waals surface area contributed by atoms with Gasteiger partial charge in [-0.05, 0) is 29.5 Å². The van der Waals surface area contributed by atoms with Gasteiger partial charge in [-0.2, -0.15) is 0 Å². The highest BCUT2D eigenvalue weighted by Crippen LogP contribution is 2.18. The summed E-state index contributed by atoms with van der Waals surface area (Å²) >= 11 is 0. The Kier molecular flexibility index (Phi) is 5.46. The zero-order valence-electron chi connectivity index (χ0n) is 13.3. The van der Waals surface area contributed by atoms with Gasteiger partial charge in [-0.3, -0.25) is 14.9 Å². The van der Waals surface area contributed by atoms with Crippen molar-refractivity contribution in [2.75, 3.05) is 5.32 Å². The molecule has 2 aromatic carbocycles. The van der Waals surface area contributed by atoms with E-state index in [0.717, 1.165) is 5.56 Å². The van der Waals surface area contributed by atoms with Crippen LogP contribution in [-0.4, -0.2) is 10.8 Å². The Balaban J connectivity index is 1.90. The van der Waals surface area contributed by atoms with Crippen LogP contribution in [0, 0.1) is 10.1 Å². The minimum Gasteiger partial charge on any atom is -0.326 e. The Labute approximate surface area is 135 Å². The molecule has 0 atom stereocenters. The van der Waals surface area contributed by atoms with Gasteiger partial charge >= 0.3 is 0 Å². The summed E-state index contributed by atoms with van der Waals surface area (Å²) in [7, 11) is 0. The maximum Gasteiger partial charge on any atom is 0.271 e. The third kappa shape index (κ3) is 4.92. The zero-order valence-corrected chi connectivity index (χ0v) is 13.3. The van der Waals surface area contributed by atoms with Crippen LogP contribution in [-0.2, 0) is 11.2 Å². The molecule has 23 heavy (non-hydrogen) atoms. The standard InChI is InChI=1S/C18H20N2O3/c1-13(2)15-9-6-14(7-10-15)8-11-18(21)19-16-4-3-5-17(12-16)20(22)23/h3-7,9-10,12-13H,8,11H2,1-2H3,(H,19,21). The van der Waals surface area contributed by atoms with Gasteiger partial charge in [-0.25, -0.2) is 0 Å². The van der Waals surface area contributed by atoms with Crippen LogP contribution >= 0.6 is 0 Å². The summed E-state index contributed by atoms with van der Waals surface area (Å²) in [5, 5.41) is 13.4. The van der Waals surface area contributed by atoms with Crippen molar-refractivity contribution >= 4 is 17.3 Å². The van der Waals surface area contributed by atoms with E-state index >= 15 is 0 Å². The summed E-state index contributed by atoms with van der Waals surface area (Å²) in [4.78, 5) is 22.2. The van der Waals surface area contributed by atoms with E-state index in [4.69, 9.17) is 0 Å². The van der Waals surface area contributed by atoms with Crippen LogP contribution in [0.1, 0.15) is 37.3 Å². The molecule has 2 rings (SSSR count). The van der Waals surface area contributed by atoms with Crippen molar-refractivity contribution in [1.29, 1.82) is 0 Å². The highest BCUT2D eigenvalue weighted by molar-refractivity contribution is 5.91. The topological polar surface area (TPSA) is 72.2 Å². The van der Waals surface area contributed by atoms with Crippen molar-refractivity contribution in [3.05, 3.63) is 69.8 Å². The minimum absolute atomic E-state index is 0.0351. The summed E-state index contributed by atoms with van der Waals surface area (Å²) in [6, 6.07) is 14.2. The van der Waals surface area contributed by atoms with E-state index in [2.05, 4.69) is 31.3 Å². The second-order valence-corrected chi connectivity index (χ2v) is 5.75. The van der Waals surface area contributed by atoms with Crippen LogP contribution in [0.4, 0.5) is 11.4 Å². The van der Waals surface area contributed by atoms with Crippen LogP contribution in [0.5, 0.6) is 0 Å². The summed E-state index contributed by atoms with van der Waals surface area (Å²) in [6.45, 7) is 4.28. The highest BCUT2D eigenvalue weighted by Gasteiger charge is 2.08. The molecule has 0 saturated heterocycles. The smallest absolute Gasteiger partial charge is 0.271 e. The maximum absolute atomic E-state index is 12.0. The monoisotopic (exact) mass is 312 g/mol. The molecule has 0 aliphatic rings. The maximum atomic E-state index is 12.0. The molecule has 0 radical (unpaired) electrons. The molecule has 1 N–H and O–H groups in total. The molecule has 0 aliphatic heterocycles. The Bertz CT molecular complexity index is 694. The molecular weight excluding hydrogens is 292 g/mol. The molecule has 0 heterocycles. The van der Waals surface area contributed by atoms with E-state index in [9.17, 15) is 14.9 Å². The van der Waals surface area contributed by atoms with Crippen LogP contribution < -0.4 is 5.32 Å². The second kappa shape index (κ2) is 7.54. The average Bonchev–Trinajstić information content (AvgIpc) is 2.53. The van der Waals surface area contributed by atoms with Gasteiger partial charge in [0, 0.05) is 24.2 Å². The number of aryl methyl sites for hydroxylation is 1. The first-order valence-corrected chi connectivity index (χ1v) is 7.59. The van der Waals surface area contributed by atoms with Crippen LogP contribution in [0.3, 0.4) is 0 Å². The number of amides is 1. The lowest BCUT2D eigenvalue weighted by Crippen LogP contribution is -2.12. The lowest BCUT2D eigenvalue weighted by atomic mass is 10.0. The van der Waals surface area contributed by atoms with Gasteiger partial charge in [0.15, 0.2) is 0 Å². The Hall–Kier alpha value is -2.69. The third-order valence-corrected chi connectivity index (χ3v) is 3.63. The fraction of sp³-hybridized carbons (Fsp3) is 0.278. The largest absolute Gasteiger partial charge is 0.326 e. The van der Waals surface area contributed by atoms with Crippen molar-refractivity contribution in [2.45, 2.75) is 32.6 Å². The third-order valence-electron chi connectivity index (χ3n) is 3.63. The van der Waals surface area contributed by atoms with Crippen molar-refractivity contribution in [1.82, 2.24) is 0 Å². The lowest BCUT2D eigenvalue weighted by molar-refractivity contribution is -0.384. The molecule has 5 heteroatoms. The van der Waals surface area contributed by atoms with Gasteiger partial charge in [-0.15, -0.1) is 0 Å². The van der Waals surface area contributed by atoms with Crippen LogP contribution in [0.15, 0.2) is 48.5 Å². The van der Waals surface area contributed by atoms with Crippen molar-refractivity contribution < 1.29 is 9.72 Å². The van der Waals surface area contributed by atoms with Crippen LogP contribution in [0.25, 0.3) is 0 Å². The predicted octanol–water partition coefficient (Wildman–Crippen LogP) is 4.29. The number of hydrogen-bond acceptors (Lipinski definition) is 3. The molecular formula is C18H20N2O3. The SMILES string of the molecule is CC(C)c1ccc(CCC(=O)Nc2cccc([N+](=O)[O-])c2)cc1. The first-order valence-electron chi connectivity index (χ1n) is 7.59. The number of non-ortho nitro benzene ring substituents is 1. The van der Waals surface area contributed by atoms with Crippen molar-refractivity contribution in [3.8, 4) is 0 Å². The quantitative estimate of drug-likeness (QED) is 0.639. The molecule has 0 saturated carbocycles. The summed E-state index contributed by atoms with van der Waals surface area (Å²) in [6.07, 6.45) is 0.975. The number of nitrogens with zero attached hydrogens (tertiary/aromatic N) is 1. The Morgan fingerprint density at radius 3 is 2.48 bits per heavy atom. The molecule has 1 amide bonds. The summed E-state index contributed by atoms with van der Waals surface area (Å²) < 4.78 is 0. The molecule has 120 valence electrons. The van der Waals surface area contributed by atoms with Gasteiger partial charge in [0.2, 0.25) is 5.91 Å². The number of nitro benzene ring substituents is 1. The number of carbonyl (C=O) groups is 1. The Morgan fingerprint density at radius 2 is 1.87 bits per heavy atom. The molecule has 0 aromatic heterocycles. The van der Waals surface area contributed by atoms with E-state index in [-0.39, 0.29) is 11.6 Å². The molecule has 0 spiro atoms. The first kappa shape index (κ1) is 16.7. The molecule has 0 bridgehead atoms. The van der Waals surface area contributed by atoms with Gasteiger partial charge in [-0.1, -0.05) is 44.2 Å². The average molecular weight is 312 g/mol. The fourth-order valence-electron chi connectivity index (χ4n) is 2.25. The second-order valence-electron chi connectivity index (χ2n) is 5.75. The molecule has 0 unspecified atom stereocenters. The fourth-order valence-corrected chi connectivity index (χ4v) is 2.25. The number of nitro groups is 1. The van der Waals surface area contributed by atoms with E-state index in [0.29, 0.717) is 24.4 Å². The van der Waals surface area contributed by atoms with Gasteiger partial charge in [0.05, 0.1) is 4.92 Å². The van der Waals surface area contributed by atoms with E-state index in [1.54, 1.807) is 12.1 Å². The number of benzene rings is 2. The molecule has 0 fully saturated rings. The van der Waals surface area contributed by atoms with Gasteiger partial charge in [0.25, 0.3) is 5.69 Å². The minimum atomic E-state index is -0.480. The normalized spacial score (nSPS) is 10.6. The zero-order chi connectivity index (χ0) is 16.8. The van der Waals surface area contributed by atoms with E-state index in [1.165, 1.54) is 17.7 Å². The lowest BCUT2D eigenvalue weighted by Gasteiger charge is -2.07. The van der Waals surface area contributed by atoms with Crippen LogP contribution in [0.2, 0.25) is 0 Å². The number of rotatable bonds is 6. The number of carbonyl (C=O) groups excluding carboxylic acids is 1. The number of nitrogens with one attached hydrogen (secondary N) is 1. The first-order chi connectivity index (χ1) is 11.0. The molecule has 2 aromatic rings.